The zero-order chi connectivity index (χ0) is 10.7. The molecule has 2 nitrogen and oxygen atoms in total. The minimum Gasteiger partial charge on any atom is -0.383 e. The Morgan fingerprint density at radius 2 is 2.27 bits per heavy atom. The van der Waals surface area contributed by atoms with Gasteiger partial charge in [-0.25, -0.2) is 0 Å². The summed E-state index contributed by atoms with van der Waals surface area (Å²) in [6.45, 7) is 0.801. The minimum atomic E-state index is 0.480. The van der Waals surface area contributed by atoms with Gasteiger partial charge >= 0.3 is 0 Å². The topological polar surface area (TPSA) is 21.3 Å². The van der Waals surface area contributed by atoms with E-state index in [0.717, 1.165) is 12.5 Å². The van der Waals surface area contributed by atoms with Crippen LogP contribution in [0, 0.1) is 0 Å². The number of likely N-dealkylation sites (N-methyl/N-ethyl adjacent to an activating group) is 1. The van der Waals surface area contributed by atoms with Crippen LogP contribution >= 0.6 is 0 Å². The van der Waals surface area contributed by atoms with Crippen molar-refractivity contribution in [2.24, 2.45) is 0 Å². The monoisotopic (exact) mass is 205 g/mol. The van der Waals surface area contributed by atoms with Crippen LogP contribution in [0.25, 0.3) is 0 Å². The molecule has 1 aromatic rings. The van der Waals surface area contributed by atoms with Crippen molar-refractivity contribution in [2.75, 3.05) is 20.8 Å². The number of hydrogen-bond donors (Lipinski definition) is 1. The van der Waals surface area contributed by atoms with E-state index in [1.54, 1.807) is 7.11 Å². The molecule has 1 aliphatic carbocycles. The quantitative estimate of drug-likeness (QED) is 0.793. The molecule has 2 heteroatoms. The molecule has 0 amide bonds. The number of fused-ring (bicyclic) bond motifs is 1. The number of nitrogens with one attached hydrogen (secondary N) is 1. The molecular formula is C13H19NO. The fraction of sp³-hybridized carbons (Fsp3) is 0.538. The predicted molar refractivity (Wildman–Crippen MR) is 62.2 cm³/mol. The molecule has 0 fully saturated rings. The molecule has 0 spiro atoms. The molecule has 82 valence electrons. The third-order valence-electron chi connectivity index (χ3n) is 3.31. The van der Waals surface area contributed by atoms with Gasteiger partial charge in [-0.3, -0.25) is 0 Å². The molecule has 0 radical (unpaired) electrons. The molecule has 2 rings (SSSR count). The second-order valence-corrected chi connectivity index (χ2v) is 4.28. The van der Waals surface area contributed by atoms with E-state index in [1.165, 1.54) is 24.0 Å². The van der Waals surface area contributed by atoms with Crippen molar-refractivity contribution in [3.8, 4) is 0 Å². The minimum absolute atomic E-state index is 0.480. The van der Waals surface area contributed by atoms with E-state index in [9.17, 15) is 0 Å². The van der Waals surface area contributed by atoms with E-state index in [1.807, 2.05) is 7.05 Å². The van der Waals surface area contributed by atoms with Gasteiger partial charge in [-0.15, -0.1) is 0 Å². The van der Waals surface area contributed by atoms with Gasteiger partial charge in [0, 0.05) is 13.2 Å². The molecule has 2 unspecified atom stereocenters. The maximum absolute atomic E-state index is 5.19. The van der Waals surface area contributed by atoms with Crippen molar-refractivity contribution in [1.82, 2.24) is 5.32 Å². The fourth-order valence-electron chi connectivity index (χ4n) is 2.39. The van der Waals surface area contributed by atoms with Gasteiger partial charge in [-0.05, 0) is 36.9 Å². The third-order valence-corrected chi connectivity index (χ3v) is 3.31. The number of benzene rings is 1. The maximum atomic E-state index is 5.19. The summed E-state index contributed by atoms with van der Waals surface area (Å²) in [5.74, 6) is 0.730. The van der Waals surface area contributed by atoms with Crippen molar-refractivity contribution in [2.45, 2.75) is 24.8 Å². The summed E-state index contributed by atoms with van der Waals surface area (Å²) in [6.07, 6.45) is 2.42. The van der Waals surface area contributed by atoms with Crippen LogP contribution in [0.2, 0.25) is 0 Å². The van der Waals surface area contributed by atoms with E-state index < -0.39 is 0 Å². The Bertz CT molecular complexity index is 324. The van der Waals surface area contributed by atoms with Crippen molar-refractivity contribution in [3.63, 3.8) is 0 Å². The standard InChI is InChI=1S/C13H19NO/c1-14-12(9-15-2)8-11-7-10-5-3-4-6-13(10)11/h3-6,11-12,14H,7-9H2,1-2H3. The average Bonchev–Trinajstić information content (AvgIpc) is 2.24. The molecule has 0 bridgehead atoms. The van der Waals surface area contributed by atoms with Crippen molar-refractivity contribution in [3.05, 3.63) is 35.4 Å². The van der Waals surface area contributed by atoms with E-state index in [-0.39, 0.29) is 0 Å². The lowest BCUT2D eigenvalue weighted by atomic mass is 9.74. The Labute approximate surface area is 91.6 Å². The smallest absolute Gasteiger partial charge is 0.0615 e. The van der Waals surface area contributed by atoms with Crippen LogP contribution in [0.3, 0.4) is 0 Å². The summed E-state index contributed by atoms with van der Waals surface area (Å²) in [6, 6.07) is 9.23. The summed E-state index contributed by atoms with van der Waals surface area (Å²) in [4.78, 5) is 0. The fourth-order valence-corrected chi connectivity index (χ4v) is 2.39. The van der Waals surface area contributed by atoms with Gasteiger partial charge in [-0.2, -0.15) is 0 Å². The second kappa shape index (κ2) is 4.77. The molecule has 1 aliphatic rings. The van der Waals surface area contributed by atoms with Gasteiger partial charge in [0.05, 0.1) is 6.61 Å². The average molecular weight is 205 g/mol. The molecule has 0 heterocycles. The van der Waals surface area contributed by atoms with E-state index >= 15 is 0 Å². The normalized spacial score (nSPS) is 20.5. The van der Waals surface area contributed by atoms with Crippen LogP contribution in [-0.2, 0) is 11.2 Å². The van der Waals surface area contributed by atoms with Crippen LogP contribution in [0.15, 0.2) is 24.3 Å². The van der Waals surface area contributed by atoms with Gasteiger partial charge in [-0.1, -0.05) is 24.3 Å². The lowest BCUT2D eigenvalue weighted by molar-refractivity contribution is 0.161. The van der Waals surface area contributed by atoms with Gasteiger partial charge in [0.15, 0.2) is 0 Å². The van der Waals surface area contributed by atoms with Gasteiger partial charge in [0.1, 0.15) is 0 Å². The Morgan fingerprint density at radius 1 is 1.47 bits per heavy atom. The highest BCUT2D eigenvalue weighted by Gasteiger charge is 2.27. The number of rotatable bonds is 5. The first-order valence-electron chi connectivity index (χ1n) is 5.59. The summed E-state index contributed by atoms with van der Waals surface area (Å²) in [5, 5.41) is 3.31. The highest BCUT2D eigenvalue weighted by atomic mass is 16.5. The predicted octanol–water partition coefficient (Wildman–Crippen LogP) is 1.95. The maximum Gasteiger partial charge on any atom is 0.0615 e. The van der Waals surface area contributed by atoms with Crippen LogP contribution < -0.4 is 5.32 Å². The van der Waals surface area contributed by atoms with Crippen molar-refractivity contribution < 1.29 is 4.74 Å². The van der Waals surface area contributed by atoms with Crippen LogP contribution in [0.5, 0.6) is 0 Å². The first-order valence-corrected chi connectivity index (χ1v) is 5.59. The summed E-state index contributed by atoms with van der Waals surface area (Å²) >= 11 is 0. The van der Waals surface area contributed by atoms with E-state index in [0.29, 0.717) is 6.04 Å². The Morgan fingerprint density at radius 3 is 2.93 bits per heavy atom. The van der Waals surface area contributed by atoms with E-state index in [2.05, 4.69) is 29.6 Å². The van der Waals surface area contributed by atoms with Crippen LogP contribution in [-0.4, -0.2) is 26.8 Å². The molecule has 0 saturated carbocycles. The largest absolute Gasteiger partial charge is 0.383 e. The Kier molecular flexibility index (Phi) is 3.39. The van der Waals surface area contributed by atoms with Crippen LogP contribution in [0.4, 0.5) is 0 Å². The first kappa shape index (κ1) is 10.7. The molecule has 0 aromatic heterocycles. The van der Waals surface area contributed by atoms with Crippen LogP contribution in [0.1, 0.15) is 23.5 Å². The third kappa shape index (κ3) is 2.21. The SMILES string of the molecule is CNC(COC)CC1Cc2ccccc21. The number of ether oxygens (including phenoxy) is 1. The molecule has 1 N–H and O–H groups in total. The molecule has 0 aliphatic heterocycles. The van der Waals surface area contributed by atoms with Gasteiger partial charge in [0.25, 0.3) is 0 Å². The Balaban J connectivity index is 1.93. The lowest BCUT2D eigenvalue weighted by Gasteiger charge is -2.32. The molecular weight excluding hydrogens is 186 g/mol. The van der Waals surface area contributed by atoms with Gasteiger partial charge in [0.2, 0.25) is 0 Å². The second-order valence-electron chi connectivity index (χ2n) is 4.28. The first-order chi connectivity index (χ1) is 7.35. The summed E-state index contributed by atoms with van der Waals surface area (Å²) in [7, 11) is 3.77. The van der Waals surface area contributed by atoms with Crippen molar-refractivity contribution in [1.29, 1.82) is 0 Å². The zero-order valence-electron chi connectivity index (χ0n) is 9.49. The lowest BCUT2D eigenvalue weighted by Crippen LogP contribution is -2.34. The summed E-state index contributed by atoms with van der Waals surface area (Å²) in [5.41, 5.74) is 3.06. The molecule has 0 saturated heterocycles. The molecule has 15 heavy (non-hydrogen) atoms. The van der Waals surface area contributed by atoms with Gasteiger partial charge < -0.3 is 10.1 Å². The molecule has 1 aromatic carbocycles. The summed E-state index contributed by atoms with van der Waals surface area (Å²) < 4.78 is 5.19. The number of methoxy groups -OCH3 is 1. The Hall–Kier alpha value is -0.860. The van der Waals surface area contributed by atoms with E-state index in [4.69, 9.17) is 4.74 Å². The highest BCUT2D eigenvalue weighted by molar-refractivity contribution is 5.39. The zero-order valence-corrected chi connectivity index (χ0v) is 9.49. The molecule has 2 atom stereocenters. The number of hydrogen-bond acceptors (Lipinski definition) is 2. The highest BCUT2D eigenvalue weighted by Crippen LogP contribution is 2.37. The van der Waals surface area contributed by atoms with Crippen molar-refractivity contribution >= 4 is 0 Å².